The molecule has 3 aromatic rings. The van der Waals surface area contributed by atoms with E-state index in [2.05, 4.69) is 10.6 Å². The van der Waals surface area contributed by atoms with Crippen LogP contribution in [0.4, 0.5) is 5.00 Å². The molecule has 116 valence electrons. The maximum absolute atomic E-state index is 12.1. The number of benzene rings is 1. The summed E-state index contributed by atoms with van der Waals surface area (Å²) in [5.74, 6) is -0.279. The van der Waals surface area contributed by atoms with E-state index >= 15 is 0 Å². The highest BCUT2D eigenvalue weighted by Crippen LogP contribution is 2.22. The van der Waals surface area contributed by atoms with E-state index in [-0.39, 0.29) is 17.6 Å². The fourth-order valence-corrected chi connectivity index (χ4v) is 2.79. The number of amides is 2. The van der Waals surface area contributed by atoms with Gasteiger partial charge in [-0.3, -0.25) is 9.59 Å². The number of hydrogen-bond acceptors (Lipinski definition) is 4. The molecule has 0 spiro atoms. The predicted octanol–water partition coefficient (Wildman–Crippen LogP) is 3.52. The Hall–Kier alpha value is -2.86. The number of rotatable bonds is 5. The summed E-state index contributed by atoms with van der Waals surface area (Å²) in [5, 5.41) is 6.14. The van der Waals surface area contributed by atoms with Gasteiger partial charge in [-0.2, -0.15) is 0 Å². The Morgan fingerprint density at radius 2 is 1.78 bits per heavy atom. The van der Waals surface area contributed by atoms with E-state index in [0.29, 0.717) is 16.4 Å². The molecule has 0 saturated carbocycles. The van der Waals surface area contributed by atoms with Crippen molar-refractivity contribution in [2.45, 2.75) is 6.54 Å². The predicted molar refractivity (Wildman–Crippen MR) is 88.6 cm³/mol. The number of hydrogen-bond donors (Lipinski definition) is 2. The number of carbonyl (C=O) groups is 2. The summed E-state index contributed by atoms with van der Waals surface area (Å²) in [6.45, 7) is 0.464. The van der Waals surface area contributed by atoms with Gasteiger partial charge in [0, 0.05) is 6.54 Å². The smallest absolute Gasteiger partial charge is 0.291 e. The molecule has 6 heteroatoms. The molecule has 0 atom stereocenters. The maximum atomic E-state index is 12.1. The van der Waals surface area contributed by atoms with Gasteiger partial charge in [0.15, 0.2) is 5.76 Å². The Morgan fingerprint density at radius 1 is 0.957 bits per heavy atom. The zero-order valence-corrected chi connectivity index (χ0v) is 12.9. The van der Waals surface area contributed by atoms with Crippen LogP contribution in [0.15, 0.2) is 65.3 Å². The van der Waals surface area contributed by atoms with Gasteiger partial charge in [-0.05, 0) is 29.8 Å². The van der Waals surface area contributed by atoms with Crippen molar-refractivity contribution in [3.63, 3.8) is 0 Å². The second-order valence-corrected chi connectivity index (χ2v) is 5.85. The number of nitrogens with one attached hydrogen (secondary N) is 2. The Kier molecular flexibility index (Phi) is 4.54. The molecule has 0 aliphatic carbocycles. The zero-order valence-electron chi connectivity index (χ0n) is 12.1. The van der Waals surface area contributed by atoms with Gasteiger partial charge in [0.1, 0.15) is 0 Å². The van der Waals surface area contributed by atoms with E-state index in [0.717, 1.165) is 5.56 Å². The minimum absolute atomic E-state index is 0.169. The van der Waals surface area contributed by atoms with E-state index in [4.69, 9.17) is 4.42 Å². The van der Waals surface area contributed by atoms with Gasteiger partial charge in [-0.1, -0.05) is 30.3 Å². The molecule has 2 amide bonds. The van der Waals surface area contributed by atoms with E-state index in [1.165, 1.54) is 17.6 Å². The van der Waals surface area contributed by atoms with Crippen LogP contribution in [-0.4, -0.2) is 11.8 Å². The van der Waals surface area contributed by atoms with Crippen LogP contribution in [0.25, 0.3) is 0 Å². The summed E-state index contributed by atoms with van der Waals surface area (Å²) < 4.78 is 5.02. The van der Waals surface area contributed by atoms with Gasteiger partial charge in [-0.25, -0.2) is 0 Å². The lowest BCUT2D eigenvalue weighted by Crippen LogP contribution is -2.21. The van der Waals surface area contributed by atoms with Gasteiger partial charge in [-0.15, -0.1) is 11.3 Å². The molecule has 0 aliphatic rings. The maximum Gasteiger partial charge on any atom is 0.291 e. The number of thiophene rings is 1. The topological polar surface area (TPSA) is 71.3 Å². The molecule has 0 fully saturated rings. The second-order valence-electron chi connectivity index (χ2n) is 4.76. The first kappa shape index (κ1) is 15.1. The number of anilines is 1. The van der Waals surface area contributed by atoms with E-state index < -0.39 is 0 Å². The Bertz CT molecular complexity index is 794. The van der Waals surface area contributed by atoms with Gasteiger partial charge >= 0.3 is 0 Å². The molecule has 2 aromatic heterocycles. The van der Waals surface area contributed by atoms with Crippen molar-refractivity contribution >= 4 is 28.2 Å². The molecule has 5 nitrogen and oxygen atoms in total. The summed E-state index contributed by atoms with van der Waals surface area (Å²) in [6.07, 6.45) is 1.44. The van der Waals surface area contributed by atoms with Crippen LogP contribution in [0.5, 0.6) is 0 Å². The number of carbonyl (C=O) groups excluding carboxylic acids is 2. The minimum Gasteiger partial charge on any atom is -0.459 e. The van der Waals surface area contributed by atoms with Crippen molar-refractivity contribution in [2.24, 2.45) is 0 Å². The molecule has 0 aliphatic heterocycles. The molecule has 3 rings (SSSR count). The highest BCUT2D eigenvalue weighted by molar-refractivity contribution is 7.18. The number of furan rings is 1. The fourth-order valence-electron chi connectivity index (χ4n) is 1.97. The van der Waals surface area contributed by atoms with Crippen molar-refractivity contribution in [2.75, 3.05) is 5.32 Å². The van der Waals surface area contributed by atoms with Crippen LogP contribution < -0.4 is 10.6 Å². The van der Waals surface area contributed by atoms with Crippen molar-refractivity contribution in [3.8, 4) is 0 Å². The molecule has 23 heavy (non-hydrogen) atoms. The van der Waals surface area contributed by atoms with Crippen LogP contribution in [-0.2, 0) is 6.54 Å². The van der Waals surface area contributed by atoms with Crippen LogP contribution >= 0.6 is 11.3 Å². The second kappa shape index (κ2) is 6.93. The van der Waals surface area contributed by atoms with E-state index in [9.17, 15) is 9.59 Å². The third-order valence-corrected chi connectivity index (χ3v) is 4.11. The van der Waals surface area contributed by atoms with Crippen molar-refractivity contribution < 1.29 is 14.0 Å². The Morgan fingerprint density at radius 3 is 2.52 bits per heavy atom. The molecular weight excluding hydrogens is 312 g/mol. The van der Waals surface area contributed by atoms with Crippen LogP contribution in [0.2, 0.25) is 0 Å². The zero-order chi connectivity index (χ0) is 16.1. The third-order valence-electron chi connectivity index (χ3n) is 3.11. The molecular formula is C17H14N2O3S. The minimum atomic E-state index is -0.340. The normalized spacial score (nSPS) is 10.3. The summed E-state index contributed by atoms with van der Waals surface area (Å²) >= 11 is 1.22. The monoisotopic (exact) mass is 326 g/mol. The average molecular weight is 326 g/mol. The fraction of sp³-hybridized carbons (Fsp3) is 0.0588. The third kappa shape index (κ3) is 3.87. The lowest BCUT2D eigenvalue weighted by atomic mass is 10.2. The highest BCUT2D eigenvalue weighted by Gasteiger charge is 2.13. The largest absolute Gasteiger partial charge is 0.459 e. The first-order valence-electron chi connectivity index (χ1n) is 6.99. The van der Waals surface area contributed by atoms with E-state index in [1.54, 1.807) is 24.3 Å². The quantitative estimate of drug-likeness (QED) is 0.753. The molecule has 0 unspecified atom stereocenters. The van der Waals surface area contributed by atoms with Crippen LogP contribution in [0, 0.1) is 0 Å². The summed E-state index contributed by atoms with van der Waals surface area (Å²) in [4.78, 5) is 24.5. The molecule has 0 saturated heterocycles. The van der Waals surface area contributed by atoms with Crippen molar-refractivity contribution in [1.29, 1.82) is 0 Å². The molecule has 0 radical (unpaired) electrons. The lowest BCUT2D eigenvalue weighted by molar-refractivity contribution is 0.0953. The first-order chi connectivity index (χ1) is 11.2. The van der Waals surface area contributed by atoms with Gasteiger partial charge in [0.2, 0.25) is 0 Å². The molecule has 2 N–H and O–H groups in total. The summed E-state index contributed by atoms with van der Waals surface area (Å²) in [5.41, 5.74) is 1.03. The van der Waals surface area contributed by atoms with Gasteiger partial charge < -0.3 is 15.1 Å². The van der Waals surface area contributed by atoms with Crippen LogP contribution in [0.3, 0.4) is 0 Å². The van der Waals surface area contributed by atoms with Crippen molar-refractivity contribution in [1.82, 2.24) is 5.32 Å². The van der Waals surface area contributed by atoms with Gasteiger partial charge in [0.05, 0.1) is 16.1 Å². The van der Waals surface area contributed by atoms with Gasteiger partial charge in [0.25, 0.3) is 11.8 Å². The van der Waals surface area contributed by atoms with E-state index in [1.807, 2.05) is 30.3 Å². The molecule has 0 bridgehead atoms. The Balaban J connectivity index is 1.58. The van der Waals surface area contributed by atoms with Crippen LogP contribution in [0.1, 0.15) is 25.8 Å². The SMILES string of the molecule is O=C(Nc1ccc(C(=O)NCc2ccccc2)s1)c1ccco1. The highest BCUT2D eigenvalue weighted by atomic mass is 32.1. The standard InChI is InChI=1S/C17H14N2O3S/c20-16(13-7-4-10-22-13)19-15-9-8-14(23-15)17(21)18-11-12-5-2-1-3-6-12/h1-10H,11H2,(H,18,21)(H,19,20). The lowest BCUT2D eigenvalue weighted by Gasteiger charge is -2.03. The molecule has 2 heterocycles. The summed E-state index contributed by atoms with van der Waals surface area (Å²) in [7, 11) is 0. The molecule has 1 aromatic carbocycles. The first-order valence-corrected chi connectivity index (χ1v) is 7.81. The van der Waals surface area contributed by atoms with Crippen molar-refractivity contribution in [3.05, 3.63) is 77.1 Å². The average Bonchev–Trinajstić information content (AvgIpc) is 3.25. The summed E-state index contributed by atoms with van der Waals surface area (Å²) in [6, 6.07) is 16.3. The Labute approximate surface area is 136 Å².